The molecule has 0 aromatic heterocycles. The minimum Gasteiger partial charge on any atom is -0.349 e. The van der Waals surface area contributed by atoms with Crippen LogP contribution in [0.25, 0.3) is 0 Å². The van der Waals surface area contributed by atoms with Crippen molar-refractivity contribution in [2.75, 3.05) is 18.1 Å². The van der Waals surface area contributed by atoms with E-state index in [0.717, 1.165) is 25.0 Å². The minimum atomic E-state index is -0.0853. The van der Waals surface area contributed by atoms with Gasteiger partial charge in [0.05, 0.1) is 24.4 Å². The molecule has 0 unspecified atom stereocenters. The highest BCUT2D eigenvalue weighted by atomic mass is 32.2. The Balaban J connectivity index is 1.57. The van der Waals surface area contributed by atoms with Gasteiger partial charge in [0.1, 0.15) is 0 Å². The van der Waals surface area contributed by atoms with Crippen molar-refractivity contribution >= 4 is 42.1 Å². The van der Waals surface area contributed by atoms with Crippen LogP contribution in [-0.2, 0) is 9.59 Å². The molecule has 2 heterocycles. The summed E-state index contributed by atoms with van der Waals surface area (Å²) in [4.78, 5) is 33.8. The Labute approximate surface area is 134 Å². The number of carbonyl (C=O) groups excluding carboxylic acids is 3. The molecule has 0 aromatic rings. The van der Waals surface area contributed by atoms with E-state index in [1.807, 2.05) is 11.8 Å². The average Bonchev–Trinajstić information content (AvgIpc) is 3.00. The van der Waals surface area contributed by atoms with Crippen LogP contribution in [-0.4, -0.2) is 53.1 Å². The number of unbranched alkanes of at least 4 members (excludes halogenated alkanes) is 1. The SMILES string of the molecule is O=C(CS)CNC(=O)CCCC[C@H]1SC[C@@H]2NC(=O)N[C@@H]21. The van der Waals surface area contributed by atoms with Crippen molar-refractivity contribution in [1.82, 2.24) is 16.0 Å². The monoisotopic (exact) mass is 331 g/mol. The second-order valence-electron chi connectivity index (χ2n) is 5.34. The molecule has 6 nitrogen and oxygen atoms in total. The van der Waals surface area contributed by atoms with Crippen molar-refractivity contribution in [1.29, 1.82) is 0 Å². The summed E-state index contributed by atoms with van der Waals surface area (Å²) in [6.07, 6.45) is 3.19. The summed E-state index contributed by atoms with van der Waals surface area (Å²) in [7, 11) is 0. The van der Waals surface area contributed by atoms with E-state index in [-0.39, 0.29) is 42.1 Å². The third-order valence-electron chi connectivity index (χ3n) is 3.74. The van der Waals surface area contributed by atoms with Crippen LogP contribution in [0.1, 0.15) is 25.7 Å². The molecule has 2 fully saturated rings. The maximum absolute atomic E-state index is 11.5. The second-order valence-corrected chi connectivity index (χ2v) is 6.93. The molecule has 0 spiro atoms. The smallest absolute Gasteiger partial charge is 0.315 e. The summed E-state index contributed by atoms with van der Waals surface area (Å²) < 4.78 is 0. The second kappa shape index (κ2) is 7.93. The number of fused-ring (bicyclic) bond motifs is 1. The van der Waals surface area contributed by atoms with Crippen molar-refractivity contribution in [2.24, 2.45) is 0 Å². The lowest BCUT2D eigenvalue weighted by Gasteiger charge is -2.16. The summed E-state index contributed by atoms with van der Waals surface area (Å²) in [5.41, 5.74) is 0. The van der Waals surface area contributed by atoms with E-state index in [0.29, 0.717) is 11.7 Å². The van der Waals surface area contributed by atoms with Gasteiger partial charge in [0.2, 0.25) is 5.91 Å². The normalized spacial score (nSPS) is 26.9. The molecule has 21 heavy (non-hydrogen) atoms. The van der Waals surface area contributed by atoms with E-state index in [1.165, 1.54) is 0 Å². The van der Waals surface area contributed by atoms with Gasteiger partial charge in [0.25, 0.3) is 0 Å². The highest BCUT2D eigenvalue weighted by molar-refractivity contribution is 8.00. The predicted molar refractivity (Wildman–Crippen MR) is 85.8 cm³/mol. The van der Waals surface area contributed by atoms with Gasteiger partial charge in [-0.25, -0.2) is 4.79 Å². The zero-order valence-electron chi connectivity index (χ0n) is 11.8. The van der Waals surface area contributed by atoms with E-state index in [1.54, 1.807) is 0 Å². The Bertz CT molecular complexity index is 419. The largest absolute Gasteiger partial charge is 0.349 e. The lowest BCUT2D eigenvalue weighted by Crippen LogP contribution is -2.36. The molecule has 3 atom stereocenters. The van der Waals surface area contributed by atoms with Gasteiger partial charge in [-0.1, -0.05) is 6.42 Å². The molecule has 8 heteroatoms. The molecule has 0 aromatic carbocycles. The Morgan fingerprint density at radius 2 is 2.14 bits per heavy atom. The van der Waals surface area contributed by atoms with Crippen LogP contribution in [0.4, 0.5) is 4.79 Å². The first-order valence-electron chi connectivity index (χ1n) is 7.18. The molecule has 118 valence electrons. The van der Waals surface area contributed by atoms with E-state index >= 15 is 0 Å². The van der Waals surface area contributed by atoms with Crippen molar-refractivity contribution in [2.45, 2.75) is 43.0 Å². The summed E-state index contributed by atoms with van der Waals surface area (Å²) in [5, 5.41) is 8.90. The molecule has 2 aliphatic rings. The quantitative estimate of drug-likeness (QED) is 0.293. The van der Waals surface area contributed by atoms with Crippen LogP contribution in [0.5, 0.6) is 0 Å². The Morgan fingerprint density at radius 3 is 2.90 bits per heavy atom. The first-order valence-corrected chi connectivity index (χ1v) is 8.86. The van der Waals surface area contributed by atoms with Crippen LogP contribution in [0.3, 0.4) is 0 Å². The maximum Gasteiger partial charge on any atom is 0.315 e. The number of carbonyl (C=O) groups is 3. The van der Waals surface area contributed by atoms with Crippen LogP contribution in [0.15, 0.2) is 0 Å². The number of ketones is 1. The number of urea groups is 1. The predicted octanol–water partition coefficient (Wildman–Crippen LogP) is 0.327. The van der Waals surface area contributed by atoms with Gasteiger partial charge in [0, 0.05) is 17.4 Å². The number of Topliss-reactive ketones (excluding diaryl/α,β-unsaturated/α-hetero) is 1. The number of amides is 3. The van der Waals surface area contributed by atoms with Crippen molar-refractivity contribution < 1.29 is 14.4 Å². The highest BCUT2D eigenvalue weighted by Crippen LogP contribution is 2.33. The summed E-state index contributed by atoms with van der Waals surface area (Å²) >= 11 is 5.73. The van der Waals surface area contributed by atoms with Gasteiger partial charge < -0.3 is 16.0 Å². The third-order valence-corrected chi connectivity index (χ3v) is 5.60. The molecule has 0 bridgehead atoms. The number of thioether (sulfide) groups is 1. The maximum atomic E-state index is 11.5. The topological polar surface area (TPSA) is 87.3 Å². The summed E-state index contributed by atoms with van der Waals surface area (Å²) in [6.45, 7) is 0.0717. The molecule has 0 saturated carbocycles. The van der Waals surface area contributed by atoms with Gasteiger partial charge in [-0.15, -0.1) is 0 Å². The number of thiol groups is 1. The van der Waals surface area contributed by atoms with Crippen molar-refractivity contribution in [3.8, 4) is 0 Å². The molecule has 2 saturated heterocycles. The number of hydrogen-bond donors (Lipinski definition) is 4. The number of nitrogens with one attached hydrogen (secondary N) is 3. The summed E-state index contributed by atoms with van der Waals surface area (Å²) in [6, 6.07) is 0.413. The molecule has 3 N–H and O–H groups in total. The van der Waals surface area contributed by atoms with Gasteiger partial charge in [-0.05, 0) is 12.8 Å². The number of rotatable bonds is 8. The Kier molecular flexibility index (Phi) is 6.22. The van der Waals surface area contributed by atoms with Crippen LogP contribution in [0, 0.1) is 0 Å². The zero-order chi connectivity index (χ0) is 15.2. The molecular formula is C13H21N3O3S2. The molecule has 0 radical (unpaired) electrons. The zero-order valence-corrected chi connectivity index (χ0v) is 13.5. The molecular weight excluding hydrogens is 310 g/mol. The highest BCUT2D eigenvalue weighted by Gasteiger charge is 2.42. The first-order chi connectivity index (χ1) is 10.1. The van der Waals surface area contributed by atoms with Gasteiger partial charge in [0.15, 0.2) is 5.78 Å². The lowest BCUT2D eigenvalue weighted by molar-refractivity contribution is -0.124. The first kappa shape index (κ1) is 16.5. The van der Waals surface area contributed by atoms with E-state index in [4.69, 9.17) is 0 Å². The van der Waals surface area contributed by atoms with Crippen molar-refractivity contribution in [3.05, 3.63) is 0 Å². The fraction of sp³-hybridized carbons (Fsp3) is 0.769. The molecule has 2 rings (SSSR count). The van der Waals surface area contributed by atoms with E-state index in [2.05, 4.69) is 28.6 Å². The van der Waals surface area contributed by atoms with E-state index < -0.39 is 0 Å². The Hall–Kier alpha value is -0.890. The molecule has 0 aliphatic carbocycles. The fourth-order valence-corrected chi connectivity index (χ4v) is 4.27. The Morgan fingerprint density at radius 1 is 1.33 bits per heavy atom. The third kappa shape index (κ3) is 4.81. The number of hydrogen-bond acceptors (Lipinski definition) is 5. The van der Waals surface area contributed by atoms with E-state index in [9.17, 15) is 14.4 Å². The lowest BCUT2D eigenvalue weighted by atomic mass is 10.0. The van der Waals surface area contributed by atoms with Gasteiger partial charge in [-0.2, -0.15) is 24.4 Å². The summed E-state index contributed by atoms with van der Waals surface area (Å²) in [5.74, 6) is 0.949. The van der Waals surface area contributed by atoms with Crippen molar-refractivity contribution in [3.63, 3.8) is 0 Å². The van der Waals surface area contributed by atoms with Crippen LogP contribution >= 0.6 is 24.4 Å². The standard InChI is InChI=1S/C13H21N3O3S2/c17-8(6-20)5-14-11(18)4-2-1-3-10-12-9(7-21-10)15-13(19)16-12/h9-10,12,20H,1-7H2,(H,14,18)(H2,15,16,19)/t9-,10+,12-/m0/s1. The molecule has 3 amide bonds. The fourth-order valence-electron chi connectivity index (χ4n) is 2.62. The average molecular weight is 331 g/mol. The molecule has 2 aliphatic heterocycles. The van der Waals surface area contributed by atoms with Crippen LogP contribution in [0.2, 0.25) is 0 Å². The minimum absolute atomic E-state index is 0.0662. The van der Waals surface area contributed by atoms with Crippen LogP contribution < -0.4 is 16.0 Å². The van der Waals surface area contributed by atoms with Gasteiger partial charge in [-0.3, -0.25) is 9.59 Å². The van der Waals surface area contributed by atoms with Gasteiger partial charge >= 0.3 is 6.03 Å².